The first-order valence-corrected chi connectivity index (χ1v) is 9.78. The van der Waals surface area contributed by atoms with Crippen LogP contribution < -0.4 is 10.2 Å². The summed E-state index contributed by atoms with van der Waals surface area (Å²) in [5, 5.41) is 2.93. The van der Waals surface area contributed by atoms with Gasteiger partial charge in [-0.1, -0.05) is 27.2 Å². The normalized spacial score (nSPS) is 14.6. The summed E-state index contributed by atoms with van der Waals surface area (Å²) in [6.45, 7) is 10.1. The highest BCUT2D eigenvalue weighted by molar-refractivity contribution is 5.94. The number of nitrogens with zero attached hydrogens (tertiary/aromatic N) is 3. The van der Waals surface area contributed by atoms with Gasteiger partial charge in [-0.15, -0.1) is 0 Å². The summed E-state index contributed by atoms with van der Waals surface area (Å²) in [6, 6.07) is 3.72. The Morgan fingerprint density at radius 2 is 1.92 bits per heavy atom. The molecule has 1 fully saturated rings. The van der Waals surface area contributed by atoms with E-state index >= 15 is 0 Å². The molecule has 0 aliphatic carbocycles. The molecule has 0 unspecified atom stereocenters. The molecule has 0 radical (unpaired) electrons. The van der Waals surface area contributed by atoms with E-state index in [0.29, 0.717) is 24.4 Å². The molecule has 144 valence electrons. The zero-order chi connectivity index (χ0) is 18.9. The van der Waals surface area contributed by atoms with Gasteiger partial charge in [-0.3, -0.25) is 9.59 Å². The molecular formula is C20H32N4O2. The molecule has 2 heterocycles. The second-order valence-electron chi connectivity index (χ2n) is 7.31. The van der Waals surface area contributed by atoms with Gasteiger partial charge in [0, 0.05) is 45.3 Å². The number of anilines is 1. The van der Waals surface area contributed by atoms with Crippen molar-refractivity contribution in [3.05, 3.63) is 23.9 Å². The summed E-state index contributed by atoms with van der Waals surface area (Å²) in [7, 11) is 0. The average molecular weight is 361 g/mol. The first-order valence-electron chi connectivity index (χ1n) is 9.78. The lowest BCUT2D eigenvalue weighted by Gasteiger charge is -2.35. The summed E-state index contributed by atoms with van der Waals surface area (Å²) in [5.74, 6) is 1.62. The van der Waals surface area contributed by atoms with Crippen molar-refractivity contribution in [1.82, 2.24) is 15.2 Å². The van der Waals surface area contributed by atoms with Crippen LogP contribution in [0.4, 0.5) is 5.82 Å². The SMILES string of the molecule is CCCCC(=O)N1CCN(c2ccc(C(=O)NCCC(C)C)cn2)CC1. The molecule has 1 saturated heterocycles. The van der Waals surface area contributed by atoms with Crippen molar-refractivity contribution < 1.29 is 9.59 Å². The third-order valence-corrected chi connectivity index (χ3v) is 4.72. The number of amides is 2. The fraction of sp³-hybridized carbons (Fsp3) is 0.650. The van der Waals surface area contributed by atoms with Crippen molar-refractivity contribution in [2.45, 2.75) is 46.5 Å². The van der Waals surface area contributed by atoms with Crippen molar-refractivity contribution in [3.8, 4) is 0 Å². The summed E-state index contributed by atoms with van der Waals surface area (Å²) >= 11 is 0. The molecule has 2 rings (SSSR count). The Morgan fingerprint density at radius 3 is 2.50 bits per heavy atom. The molecule has 1 aliphatic rings. The van der Waals surface area contributed by atoms with Crippen LogP contribution in [0.25, 0.3) is 0 Å². The number of hydrogen-bond donors (Lipinski definition) is 1. The lowest BCUT2D eigenvalue weighted by atomic mass is 10.1. The molecule has 6 heteroatoms. The van der Waals surface area contributed by atoms with Crippen LogP contribution in [-0.2, 0) is 4.79 Å². The van der Waals surface area contributed by atoms with Crippen LogP contribution in [0.1, 0.15) is 56.8 Å². The summed E-state index contributed by atoms with van der Waals surface area (Å²) in [5.41, 5.74) is 0.589. The number of pyridine rings is 1. The average Bonchev–Trinajstić information content (AvgIpc) is 2.66. The Labute approximate surface area is 157 Å². The van der Waals surface area contributed by atoms with Gasteiger partial charge in [-0.05, 0) is 30.9 Å². The number of carbonyl (C=O) groups excluding carboxylic acids is 2. The minimum Gasteiger partial charge on any atom is -0.353 e. The van der Waals surface area contributed by atoms with Crippen LogP contribution in [0.15, 0.2) is 18.3 Å². The fourth-order valence-corrected chi connectivity index (χ4v) is 2.95. The zero-order valence-corrected chi connectivity index (χ0v) is 16.3. The molecule has 0 saturated carbocycles. The molecule has 0 bridgehead atoms. The molecule has 0 atom stereocenters. The highest BCUT2D eigenvalue weighted by Crippen LogP contribution is 2.15. The predicted octanol–water partition coefficient (Wildman–Crippen LogP) is 2.70. The van der Waals surface area contributed by atoms with Crippen molar-refractivity contribution in [2.24, 2.45) is 5.92 Å². The van der Waals surface area contributed by atoms with Crippen molar-refractivity contribution in [2.75, 3.05) is 37.6 Å². The largest absolute Gasteiger partial charge is 0.353 e. The van der Waals surface area contributed by atoms with E-state index in [1.807, 2.05) is 17.0 Å². The zero-order valence-electron chi connectivity index (χ0n) is 16.3. The molecule has 1 aromatic heterocycles. The van der Waals surface area contributed by atoms with Crippen LogP contribution in [0.5, 0.6) is 0 Å². The van der Waals surface area contributed by atoms with E-state index in [0.717, 1.165) is 51.3 Å². The molecule has 6 nitrogen and oxygen atoms in total. The minimum atomic E-state index is -0.0731. The Bertz CT molecular complexity index is 578. The van der Waals surface area contributed by atoms with Gasteiger partial charge in [0.15, 0.2) is 0 Å². The van der Waals surface area contributed by atoms with E-state index in [1.165, 1.54) is 0 Å². The van der Waals surface area contributed by atoms with E-state index in [-0.39, 0.29) is 11.8 Å². The number of rotatable bonds is 8. The predicted molar refractivity (Wildman–Crippen MR) is 104 cm³/mol. The second-order valence-corrected chi connectivity index (χ2v) is 7.31. The number of nitrogens with one attached hydrogen (secondary N) is 1. The van der Waals surface area contributed by atoms with Gasteiger partial charge in [0.2, 0.25) is 5.91 Å². The quantitative estimate of drug-likeness (QED) is 0.774. The van der Waals surface area contributed by atoms with Gasteiger partial charge in [-0.2, -0.15) is 0 Å². The van der Waals surface area contributed by atoms with Crippen molar-refractivity contribution in [3.63, 3.8) is 0 Å². The molecule has 0 spiro atoms. The third kappa shape index (κ3) is 6.00. The Balaban J connectivity index is 1.82. The standard InChI is InChI=1S/C20H32N4O2/c1-4-5-6-19(25)24-13-11-23(12-14-24)18-8-7-17(15-22-18)20(26)21-10-9-16(2)3/h7-8,15-16H,4-6,9-14H2,1-3H3,(H,21,26). The topological polar surface area (TPSA) is 65.5 Å². The van der Waals surface area contributed by atoms with Gasteiger partial charge >= 0.3 is 0 Å². The van der Waals surface area contributed by atoms with Crippen LogP contribution in [-0.4, -0.2) is 54.4 Å². The summed E-state index contributed by atoms with van der Waals surface area (Å²) in [4.78, 5) is 32.8. The fourth-order valence-electron chi connectivity index (χ4n) is 2.95. The number of unbranched alkanes of at least 4 members (excludes halogenated alkanes) is 1. The van der Waals surface area contributed by atoms with Gasteiger partial charge in [0.25, 0.3) is 5.91 Å². The molecule has 1 N–H and O–H groups in total. The Kier molecular flexibility index (Phi) is 7.88. The first kappa shape index (κ1) is 20.2. The molecule has 1 aliphatic heterocycles. The van der Waals surface area contributed by atoms with Gasteiger partial charge in [-0.25, -0.2) is 4.98 Å². The highest BCUT2D eigenvalue weighted by atomic mass is 16.2. The lowest BCUT2D eigenvalue weighted by Crippen LogP contribution is -2.49. The monoisotopic (exact) mass is 360 g/mol. The maximum absolute atomic E-state index is 12.1. The summed E-state index contributed by atoms with van der Waals surface area (Å²) < 4.78 is 0. The van der Waals surface area contributed by atoms with Gasteiger partial charge in [0.1, 0.15) is 5.82 Å². The Morgan fingerprint density at radius 1 is 1.19 bits per heavy atom. The third-order valence-electron chi connectivity index (χ3n) is 4.72. The molecular weight excluding hydrogens is 328 g/mol. The molecule has 1 aromatic rings. The molecule has 2 amide bonds. The van der Waals surface area contributed by atoms with E-state index in [2.05, 4.69) is 36.0 Å². The van der Waals surface area contributed by atoms with E-state index in [9.17, 15) is 9.59 Å². The lowest BCUT2D eigenvalue weighted by molar-refractivity contribution is -0.131. The van der Waals surface area contributed by atoms with Crippen LogP contribution in [0.3, 0.4) is 0 Å². The first-order chi connectivity index (χ1) is 12.5. The van der Waals surface area contributed by atoms with Gasteiger partial charge < -0.3 is 15.1 Å². The maximum Gasteiger partial charge on any atom is 0.252 e. The molecule has 26 heavy (non-hydrogen) atoms. The van der Waals surface area contributed by atoms with E-state index < -0.39 is 0 Å². The maximum atomic E-state index is 12.1. The molecule has 0 aromatic carbocycles. The highest BCUT2D eigenvalue weighted by Gasteiger charge is 2.21. The van der Waals surface area contributed by atoms with Crippen LogP contribution in [0, 0.1) is 5.92 Å². The minimum absolute atomic E-state index is 0.0731. The van der Waals surface area contributed by atoms with Crippen LogP contribution in [0.2, 0.25) is 0 Å². The van der Waals surface area contributed by atoms with E-state index in [1.54, 1.807) is 6.20 Å². The van der Waals surface area contributed by atoms with Crippen molar-refractivity contribution >= 4 is 17.6 Å². The Hall–Kier alpha value is -2.11. The smallest absolute Gasteiger partial charge is 0.252 e. The number of aromatic nitrogens is 1. The number of piperazine rings is 1. The second kappa shape index (κ2) is 10.1. The van der Waals surface area contributed by atoms with Gasteiger partial charge in [0.05, 0.1) is 5.56 Å². The summed E-state index contributed by atoms with van der Waals surface area (Å²) in [6.07, 6.45) is 5.26. The van der Waals surface area contributed by atoms with Crippen molar-refractivity contribution in [1.29, 1.82) is 0 Å². The number of carbonyl (C=O) groups is 2. The van der Waals surface area contributed by atoms with Crippen LogP contribution >= 0.6 is 0 Å². The number of hydrogen-bond acceptors (Lipinski definition) is 4. The van der Waals surface area contributed by atoms with E-state index in [4.69, 9.17) is 0 Å².